The predicted octanol–water partition coefficient (Wildman–Crippen LogP) is 6.19. The highest BCUT2D eigenvalue weighted by Gasteiger charge is 2.36. The van der Waals surface area contributed by atoms with Gasteiger partial charge in [0.2, 0.25) is 0 Å². The van der Waals surface area contributed by atoms with Crippen molar-refractivity contribution in [3.05, 3.63) is 63.4 Å². The molecular weight excluding hydrogens is 446 g/mol. The van der Waals surface area contributed by atoms with E-state index < -0.39 is 51.8 Å². The molecule has 150 valence electrons. The van der Waals surface area contributed by atoms with E-state index in [-0.39, 0.29) is 4.47 Å². The highest BCUT2D eigenvalue weighted by Crippen LogP contribution is 2.35. The van der Waals surface area contributed by atoms with Crippen LogP contribution in [0.1, 0.15) is 42.3 Å². The number of alkyl halides is 3. The minimum atomic E-state index is -4.79. The molecule has 28 heavy (non-hydrogen) atoms. The summed E-state index contributed by atoms with van der Waals surface area (Å²) in [5.41, 5.74) is -3.77. The average Bonchev–Trinajstić information content (AvgIpc) is 2.55. The molecule has 9 heteroatoms. The first-order chi connectivity index (χ1) is 12.8. The molecule has 0 atom stereocenters. The number of carbonyl (C=O) groups excluding carboxylic acids is 2. The van der Waals surface area contributed by atoms with Gasteiger partial charge in [0.25, 0.3) is 0 Å². The monoisotopic (exact) mass is 461 g/mol. The van der Waals surface area contributed by atoms with Gasteiger partial charge in [-0.05, 0) is 54.9 Å². The maximum Gasteiger partial charge on any atom is 0.417 e. The van der Waals surface area contributed by atoms with Gasteiger partial charge in [0.1, 0.15) is 5.60 Å². The molecule has 0 aliphatic carbocycles. The summed E-state index contributed by atoms with van der Waals surface area (Å²) in [7, 11) is 0. The van der Waals surface area contributed by atoms with Gasteiger partial charge in [-0.1, -0.05) is 18.2 Å². The Balaban J connectivity index is 2.48. The Kier molecular flexibility index (Phi) is 6.18. The lowest BCUT2D eigenvalue weighted by atomic mass is 9.97. The van der Waals surface area contributed by atoms with Crippen molar-refractivity contribution in [1.82, 2.24) is 0 Å². The number of halogens is 5. The summed E-state index contributed by atoms with van der Waals surface area (Å²) >= 11 is 2.98. The molecule has 0 bridgehead atoms. The number of ketones is 1. The molecule has 1 amide bonds. The molecule has 4 nitrogen and oxygen atoms in total. The third kappa shape index (κ3) is 5.09. The van der Waals surface area contributed by atoms with Crippen LogP contribution in [0.2, 0.25) is 0 Å². The topological polar surface area (TPSA) is 55.4 Å². The van der Waals surface area contributed by atoms with Crippen molar-refractivity contribution in [1.29, 1.82) is 0 Å². The summed E-state index contributed by atoms with van der Waals surface area (Å²) in [5, 5.41) is 2.15. The first-order valence-corrected chi connectivity index (χ1v) is 8.79. The average molecular weight is 462 g/mol. The summed E-state index contributed by atoms with van der Waals surface area (Å²) < 4.78 is 59.5. The number of benzene rings is 2. The van der Waals surface area contributed by atoms with Gasteiger partial charge in [-0.25, -0.2) is 9.18 Å². The lowest BCUT2D eigenvalue weighted by molar-refractivity contribution is -0.137. The SMILES string of the molecule is CC(C)(C)OC(=O)Nc1ccc(Br)c(C(=O)c2ccccc2C(F)(F)F)c1F. The number of nitrogens with one attached hydrogen (secondary N) is 1. The molecule has 2 aromatic carbocycles. The number of rotatable bonds is 3. The number of ether oxygens (including phenoxy) is 1. The van der Waals surface area contributed by atoms with E-state index in [2.05, 4.69) is 21.2 Å². The summed E-state index contributed by atoms with van der Waals surface area (Å²) in [6.07, 6.45) is -5.76. The van der Waals surface area contributed by atoms with Gasteiger partial charge in [0, 0.05) is 10.0 Å². The molecule has 0 fully saturated rings. The molecule has 1 N–H and O–H groups in total. The molecule has 0 heterocycles. The number of amides is 1. The zero-order valence-corrected chi connectivity index (χ0v) is 16.7. The van der Waals surface area contributed by atoms with Gasteiger partial charge in [-0.3, -0.25) is 10.1 Å². The van der Waals surface area contributed by atoms with Gasteiger partial charge in [0.05, 0.1) is 16.8 Å². The number of anilines is 1. The number of carbonyl (C=O) groups is 2. The van der Waals surface area contributed by atoms with Crippen molar-refractivity contribution in [2.24, 2.45) is 0 Å². The molecule has 0 aliphatic rings. The van der Waals surface area contributed by atoms with Crippen molar-refractivity contribution in [2.75, 3.05) is 5.32 Å². The van der Waals surface area contributed by atoms with Crippen molar-refractivity contribution in [2.45, 2.75) is 32.5 Å². The van der Waals surface area contributed by atoms with E-state index in [0.717, 1.165) is 24.3 Å². The summed E-state index contributed by atoms with van der Waals surface area (Å²) in [5.74, 6) is -2.35. The second-order valence-electron chi connectivity index (χ2n) is 6.78. The highest BCUT2D eigenvalue weighted by molar-refractivity contribution is 9.10. The van der Waals surface area contributed by atoms with Crippen LogP contribution < -0.4 is 5.32 Å². The Hall–Kier alpha value is -2.42. The van der Waals surface area contributed by atoms with E-state index in [1.165, 1.54) is 12.1 Å². The van der Waals surface area contributed by atoms with Crippen LogP contribution in [0.5, 0.6) is 0 Å². The quantitative estimate of drug-likeness (QED) is 0.438. The molecule has 0 unspecified atom stereocenters. The lowest BCUT2D eigenvalue weighted by Gasteiger charge is -2.20. The first kappa shape index (κ1) is 21.9. The van der Waals surface area contributed by atoms with Crippen LogP contribution in [0.3, 0.4) is 0 Å². The zero-order valence-electron chi connectivity index (χ0n) is 15.1. The molecule has 0 saturated heterocycles. The summed E-state index contributed by atoms with van der Waals surface area (Å²) in [6, 6.07) is 6.49. The van der Waals surface area contributed by atoms with Crippen LogP contribution in [0.25, 0.3) is 0 Å². The van der Waals surface area contributed by atoms with E-state index in [1.54, 1.807) is 20.8 Å². The smallest absolute Gasteiger partial charge is 0.417 e. The normalized spacial score (nSPS) is 11.9. The van der Waals surface area contributed by atoms with Crippen molar-refractivity contribution in [3.8, 4) is 0 Å². The Morgan fingerprint density at radius 1 is 1.04 bits per heavy atom. The minimum absolute atomic E-state index is 0.0540. The van der Waals surface area contributed by atoms with E-state index in [0.29, 0.717) is 0 Å². The maximum atomic E-state index is 14.9. The third-order valence-corrected chi connectivity index (χ3v) is 4.09. The van der Waals surface area contributed by atoms with E-state index >= 15 is 0 Å². The van der Waals surface area contributed by atoms with Crippen LogP contribution in [0, 0.1) is 5.82 Å². The first-order valence-electron chi connectivity index (χ1n) is 8.00. The fourth-order valence-electron chi connectivity index (χ4n) is 2.33. The molecule has 0 aromatic heterocycles. The third-order valence-electron chi connectivity index (χ3n) is 3.43. The Bertz CT molecular complexity index is 920. The maximum absolute atomic E-state index is 14.9. The van der Waals surface area contributed by atoms with E-state index in [1.807, 2.05) is 0 Å². The van der Waals surface area contributed by atoms with Crippen LogP contribution in [-0.4, -0.2) is 17.5 Å². The van der Waals surface area contributed by atoms with E-state index in [9.17, 15) is 27.2 Å². The van der Waals surface area contributed by atoms with Crippen molar-refractivity contribution >= 4 is 33.5 Å². The molecule has 0 spiro atoms. The summed E-state index contributed by atoms with van der Waals surface area (Å²) in [6.45, 7) is 4.81. The minimum Gasteiger partial charge on any atom is -0.444 e. The van der Waals surface area contributed by atoms with Gasteiger partial charge in [0.15, 0.2) is 11.6 Å². The van der Waals surface area contributed by atoms with Gasteiger partial charge in [-0.2, -0.15) is 13.2 Å². The Morgan fingerprint density at radius 2 is 1.64 bits per heavy atom. The van der Waals surface area contributed by atoms with Crippen molar-refractivity contribution < 1.29 is 31.9 Å². The zero-order chi connectivity index (χ0) is 21.3. The molecular formula is C19H16BrF4NO3. The fourth-order valence-corrected chi connectivity index (χ4v) is 2.82. The molecule has 2 rings (SSSR count). The predicted molar refractivity (Wildman–Crippen MR) is 98.8 cm³/mol. The second-order valence-corrected chi connectivity index (χ2v) is 7.64. The molecule has 2 aromatic rings. The number of hydrogen-bond acceptors (Lipinski definition) is 3. The molecule has 0 aliphatic heterocycles. The highest BCUT2D eigenvalue weighted by atomic mass is 79.9. The van der Waals surface area contributed by atoms with Gasteiger partial charge >= 0.3 is 12.3 Å². The number of hydrogen-bond donors (Lipinski definition) is 1. The van der Waals surface area contributed by atoms with E-state index in [4.69, 9.17) is 4.74 Å². The van der Waals surface area contributed by atoms with Gasteiger partial charge in [-0.15, -0.1) is 0 Å². The summed E-state index contributed by atoms with van der Waals surface area (Å²) in [4.78, 5) is 24.6. The van der Waals surface area contributed by atoms with Crippen LogP contribution in [0.15, 0.2) is 40.9 Å². The van der Waals surface area contributed by atoms with Crippen LogP contribution in [-0.2, 0) is 10.9 Å². The Morgan fingerprint density at radius 3 is 2.21 bits per heavy atom. The van der Waals surface area contributed by atoms with Gasteiger partial charge < -0.3 is 4.74 Å². The fraction of sp³-hybridized carbons (Fsp3) is 0.263. The van der Waals surface area contributed by atoms with Crippen LogP contribution in [0.4, 0.5) is 28.0 Å². The Labute approximate surface area is 167 Å². The lowest BCUT2D eigenvalue weighted by Crippen LogP contribution is -2.27. The standard InChI is InChI=1S/C19H16BrF4NO3/c1-18(2,3)28-17(27)25-13-9-8-12(20)14(15(13)21)16(26)10-6-4-5-7-11(10)19(22,23)24/h4-9H,1-3H3,(H,25,27). The van der Waals surface area contributed by atoms with Crippen molar-refractivity contribution in [3.63, 3.8) is 0 Å². The molecule has 0 radical (unpaired) electrons. The van der Waals surface area contributed by atoms with Crippen LogP contribution >= 0.6 is 15.9 Å². The molecule has 0 saturated carbocycles. The second kappa shape index (κ2) is 7.90. The largest absolute Gasteiger partial charge is 0.444 e.